The van der Waals surface area contributed by atoms with Gasteiger partial charge in [-0.15, -0.1) is 5.10 Å². The van der Waals surface area contributed by atoms with Crippen LogP contribution in [0.25, 0.3) is 0 Å². The first kappa shape index (κ1) is 25.9. The minimum absolute atomic E-state index is 0.0407. The Hall–Kier alpha value is -1.76. The number of hydrogen-bond acceptors (Lipinski definition) is 5. The minimum Gasteiger partial charge on any atom is -0.390 e. The molecule has 4 aliphatic rings. The molecule has 1 amide bonds. The van der Waals surface area contributed by atoms with Crippen molar-refractivity contribution in [1.29, 1.82) is 0 Å². The first-order valence-corrected chi connectivity index (χ1v) is 14.2. The molecule has 200 valence electrons. The lowest BCUT2D eigenvalue weighted by Gasteiger charge is -2.61. The number of ketones is 1. The van der Waals surface area contributed by atoms with Gasteiger partial charge in [0.25, 0.3) is 5.91 Å². The number of nitrogens with one attached hydrogen (secondary N) is 1. The molecule has 0 saturated heterocycles. The van der Waals surface area contributed by atoms with Crippen molar-refractivity contribution in [1.82, 2.24) is 20.3 Å². The smallest absolute Gasteiger partial charge is 0.273 e. The molecule has 5 rings (SSSR count). The third-order valence-corrected chi connectivity index (χ3v) is 10.9. The van der Waals surface area contributed by atoms with Crippen LogP contribution in [0.1, 0.15) is 110 Å². The Balaban J connectivity index is 1.27. The van der Waals surface area contributed by atoms with Crippen molar-refractivity contribution < 1.29 is 14.7 Å². The molecular weight excluding hydrogens is 452 g/mol. The number of carbonyl (C=O) groups is 2. The van der Waals surface area contributed by atoms with Crippen LogP contribution in [0.3, 0.4) is 0 Å². The van der Waals surface area contributed by atoms with E-state index in [1.165, 1.54) is 30.3 Å². The van der Waals surface area contributed by atoms with Crippen LogP contribution in [-0.4, -0.2) is 42.9 Å². The SMILES string of the molecule is CC(C)(C)NC(=O)c1cnn(CC(=O)C2CC[C@H]3[C@@H]4CC[C@@H]5C[C@](C)(O)CC[C@]5(C)[C@H]4CC[C@]23C)n1. The zero-order valence-corrected chi connectivity index (χ0v) is 23.1. The highest BCUT2D eigenvalue weighted by molar-refractivity contribution is 5.92. The minimum atomic E-state index is -0.501. The van der Waals surface area contributed by atoms with Crippen LogP contribution in [0.5, 0.6) is 0 Å². The number of aliphatic hydroxyl groups is 1. The van der Waals surface area contributed by atoms with Crippen LogP contribution in [0.2, 0.25) is 0 Å². The van der Waals surface area contributed by atoms with Crippen molar-refractivity contribution in [3.05, 3.63) is 11.9 Å². The average molecular weight is 499 g/mol. The van der Waals surface area contributed by atoms with Gasteiger partial charge in [0.15, 0.2) is 11.5 Å². The third-order valence-electron chi connectivity index (χ3n) is 10.9. The summed E-state index contributed by atoms with van der Waals surface area (Å²) in [7, 11) is 0. The second-order valence-electron chi connectivity index (χ2n) is 14.5. The highest BCUT2D eigenvalue weighted by Gasteiger charge is 2.61. The van der Waals surface area contributed by atoms with E-state index < -0.39 is 5.60 Å². The van der Waals surface area contributed by atoms with E-state index in [4.69, 9.17) is 0 Å². The van der Waals surface area contributed by atoms with E-state index in [-0.39, 0.29) is 40.8 Å². The van der Waals surface area contributed by atoms with E-state index in [9.17, 15) is 14.7 Å². The third kappa shape index (κ3) is 4.43. The molecule has 4 aliphatic carbocycles. The lowest BCUT2D eigenvalue weighted by Crippen LogP contribution is -2.55. The van der Waals surface area contributed by atoms with Crippen LogP contribution in [0.4, 0.5) is 0 Å². The van der Waals surface area contributed by atoms with Crippen LogP contribution >= 0.6 is 0 Å². The Labute approximate surface area is 216 Å². The maximum atomic E-state index is 13.6. The predicted octanol–water partition coefficient (Wildman–Crippen LogP) is 4.79. The Bertz CT molecular complexity index is 1030. The second kappa shape index (κ2) is 8.64. The zero-order chi connectivity index (χ0) is 26.1. The summed E-state index contributed by atoms with van der Waals surface area (Å²) in [4.78, 5) is 27.4. The van der Waals surface area contributed by atoms with Gasteiger partial charge in [0, 0.05) is 11.5 Å². The lowest BCUT2D eigenvalue weighted by molar-refractivity contribution is -0.151. The summed E-state index contributed by atoms with van der Waals surface area (Å²) in [5.74, 6) is 2.63. The van der Waals surface area contributed by atoms with Gasteiger partial charge in [0.1, 0.15) is 6.54 Å². The lowest BCUT2D eigenvalue weighted by atomic mass is 9.44. The Morgan fingerprint density at radius 1 is 1.03 bits per heavy atom. The van der Waals surface area contributed by atoms with Crippen LogP contribution in [0.15, 0.2) is 6.20 Å². The van der Waals surface area contributed by atoms with Gasteiger partial charge in [0.2, 0.25) is 0 Å². The molecule has 0 radical (unpaired) electrons. The second-order valence-corrected chi connectivity index (χ2v) is 14.5. The van der Waals surface area contributed by atoms with E-state index in [0.29, 0.717) is 23.2 Å². The molecule has 0 bridgehead atoms. The fourth-order valence-electron chi connectivity index (χ4n) is 9.09. The van der Waals surface area contributed by atoms with Gasteiger partial charge in [-0.3, -0.25) is 9.59 Å². The van der Waals surface area contributed by atoms with Gasteiger partial charge < -0.3 is 10.4 Å². The standard InChI is InChI=1S/C29H46N4O3/c1-26(2,3)31-25(35)23-16-30-33(32-23)17-24(34)22-10-9-20-19-8-7-18-15-27(4,36)13-14-28(18,5)21(19)11-12-29(20,22)6/h16,18-22,36H,7-15,17H2,1-6H3,(H,31,35)/t18-,19+,20+,21+,22?,27-,28+,29+/m1/s1. The monoisotopic (exact) mass is 498 g/mol. The van der Waals surface area contributed by atoms with Gasteiger partial charge in [-0.05, 0) is 120 Å². The van der Waals surface area contributed by atoms with Gasteiger partial charge in [-0.2, -0.15) is 9.90 Å². The Kier molecular flexibility index (Phi) is 6.21. The predicted molar refractivity (Wildman–Crippen MR) is 138 cm³/mol. The number of Topliss-reactive ketones (excluding diaryl/α,β-unsaturated/α-hetero) is 1. The number of fused-ring (bicyclic) bond motifs is 5. The summed E-state index contributed by atoms with van der Waals surface area (Å²) in [6, 6.07) is 0. The van der Waals surface area contributed by atoms with Crippen molar-refractivity contribution in [2.45, 2.75) is 117 Å². The van der Waals surface area contributed by atoms with Gasteiger partial charge in [-0.1, -0.05) is 13.8 Å². The molecule has 8 atom stereocenters. The molecule has 2 N–H and O–H groups in total. The normalized spacial score (nSPS) is 42.2. The molecule has 1 aromatic rings. The van der Waals surface area contributed by atoms with Crippen molar-refractivity contribution in [2.24, 2.45) is 40.4 Å². The quantitative estimate of drug-likeness (QED) is 0.622. The van der Waals surface area contributed by atoms with Gasteiger partial charge in [0.05, 0.1) is 11.8 Å². The highest BCUT2D eigenvalue weighted by atomic mass is 16.3. The molecule has 1 unspecified atom stereocenters. The highest BCUT2D eigenvalue weighted by Crippen LogP contribution is 2.68. The van der Waals surface area contributed by atoms with Crippen LogP contribution in [-0.2, 0) is 11.3 Å². The van der Waals surface area contributed by atoms with Crippen molar-refractivity contribution >= 4 is 11.7 Å². The number of nitrogens with zero attached hydrogens (tertiary/aromatic N) is 3. The molecule has 1 aromatic heterocycles. The van der Waals surface area contributed by atoms with E-state index in [1.807, 2.05) is 27.7 Å². The first-order valence-electron chi connectivity index (χ1n) is 14.2. The molecular formula is C29H46N4O3. The van der Waals surface area contributed by atoms with Gasteiger partial charge in [-0.25, -0.2) is 0 Å². The number of amides is 1. The van der Waals surface area contributed by atoms with E-state index in [0.717, 1.165) is 44.4 Å². The summed E-state index contributed by atoms with van der Waals surface area (Å²) >= 11 is 0. The van der Waals surface area contributed by atoms with Crippen LogP contribution in [0, 0.1) is 40.4 Å². The van der Waals surface area contributed by atoms with Crippen LogP contribution < -0.4 is 5.32 Å². The largest absolute Gasteiger partial charge is 0.390 e. The average Bonchev–Trinajstić information content (AvgIpc) is 3.37. The molecule has 4 saturated carbocycles. The molecule has 36 heavy (non-hydrogen) atoms. The summed E-state index contributed by atoms with van der Waals surface area (Å²) in [5, 5.41) is 22.2. The number of hydrogen-bond donors (Lipinski definition) is 2. The number of aromatic nitrogens is 3. The molecule has 7 heteroatoms. The van der Waals surface area contributed by atoms with Gasteiger partial charge >= 0.3 is 0 Å². The number of carbonyl (C=O) groups excluding carboxylic acids is 2. The Morgan fingerprint density at radius 2 is 1.75 bits per heavy atom. The molecule has 0 aliphatic heterocycles. The molecule has 0 aromatic carbocycles. The van der Waals surface area contributed by atoms with Crippen molar-refractivity contribution in [2.75, 3.05) is 0 Å². The summed E-state index contributed by atoms with van der Waals surface area (Å²) < 4.78 is 0. The topological polar surface area (TPSA) is 97.1 Å². The zero-order valence-electron chi connectivity index (χ0n) is 23.1. The number of rotatable bonds is 4. The summed E-state index contributed by atoms with van der Waals surface area (Å²) in [6.45, 7) is 12.8. The maximum absolute atomic E-state index is 13.6. The molecule has 0 spiro atoms. The fraction of sp³-hybridized carbons (Fsp3) is 0.862. The molecule has 1 heterocycles. The van der Waals surface area contributed by atoms with E-state index >= 15 is 0 Å². The van der Waals surface area contributed by atoms with E-state index in [2.05, 4.69) is 29.4 Å². The maximum Gasteiger partial charge on any atom is 0.273 e. The van der Waals surface area contributed by atoms with E-state index in [1.54, 1.807) is 0 Å². The first-order chi connectivity index (χ1) is 16.7. The summed E-state index contributed by atoms with van der Waals surface area (Å²) in [5.41, 5.74) is -0.225. The fourth-order valence-corrected chi connectivity index (χ4v) is 9.09. The molecule has 4 fully saturated rings. The van der Waals surface area contributed by atoms with Crippen molar-refractivity contribution in [3.63, 3.8) is 0 Å². The summed E-state index contributed by atoms with van der Waals surface area (Å²) in [6.07, 6.45) is 11.3. The Morgan fingerprint density at radius 3 is 2.47 bits per heavy atom. The van der Waals surface area contributed by atoms with Crippen molar-refractivity contribution in [3.8, 4) is 0 Å². The molecule has 7 nitrogen and oxygen atoms in total.